The van der Waals surface area contributed by atoms with Gasteiger partial charge in [-0.25, -0.2) is 9.97 Å². The minimum absolute atomic E-state index is 0.0285. The van der Waals surface area contributed by atoms with E-state index in [0.29, 0.717) is 34.6 Å². The van der Waals surface area contributed by atoms with E-state index in [2.05, 4.69) is 43.4 Å². The van der Waals surface area contributed by atoms with Gasteiger partial charge in [-0.05, 0) is 39.4 Å². The molecular weight excluding hydrogens is 304 g/mol. The number of pyridine rings is 1. The number of anilines is 1. The van der Waals surface area contributed by atoms with Crippen molar-refractivity contribution < 1.29 is 5.11 Å². The fraction of sp³-hybridized carbons (Fsp3) is 0.412. The molecule has 0 aromatic carbocycles. The molecule has 2 aromatic heterocycles. The molecule has 24 heavy (non-hydrogen) atoms. The number of nitrogens with zero attached hydrogens (tertiary/aromatic N) is 5. The lowest BCUT2D eigenvalue weighted by Gasteiger charge is -2.30. The molecule has 1 fully saturated rings. The molecule has 7 heteroatoms. The lowest BCUT2D eigenvalue weighted by Crippen LogP contribution is -2.40. The van der Waals surface area contributed by atoms with Gasteiger partial charge in [0.2, 0.25) is 5.95 Å². The van der Waals surface area contributed by atoms with E-state index in [9.17, 15) is 5.11 Å². The summed E-state index contributed by atoms with van der Waals surface area (Å²) in [5, 5.41) is 21.7. The van der Waals surface area contributed by atoms with Crippen LogP contribution in [0.5, 0.6) is 5.75 Å². The number of aromatic nitrogens is 4. The molecule has 2 aromatic rings. The summed E-state index contributed by atoms with van der Waals surface area (Å²) in [7, 11) is 2.11. The summed E-state index contributed by atoms with van der Waals surface area (Å²) in [5.74, 6) is 2.90. The Labute approximate surface area is 141 Å². The molecule has 1 aliphatic heterocycles. The molecule has 7 nitrogen and oxygen atoms in total. The fourth-order valence-electron chi connectivity index (χ4n) is 2.87. The van der Waals surface area contributed by atoms with Crippen LogP contribution in [0, 0.1) is 19.3 Å². The van der Waals surface area contributed by atoms with Crippen molar-refractivity contribution in [3.63, 3.8) is 0 Å². The number of rotatable bonds is 3. The number of piperidine rings is 1. The first-order chi connectivity index (χ1) is 11.6. The zero-order chi connectivity index (χ0) is 17.1. The van der Waals surface area contributed by atoms with Crippen molar-refractivity contribution in [2.75, 3.05) is 25.5 Å². The molecule has 1 aliphatic rings. The maximum Gasteiger partial charge on any atom is 0.243 e. The van der Waals surface area contributed by atoms with Gasteiger partial charge in [-0.3, -0.25) is 0 Å². The molecule has 0 bridgehead atoms. The molecule has 2 N–H and O–H groups in total. The van der Waals surface area contributed by atoms with Crippen LogP contribution in [-0.2, 0) is 0 Å². The number of likely N-dealkylation sites (N-methyl/N-ethyl adjacent to an activating group) is 1. The molecule has 3 heterocycles. The molecule has 0 unspecified atom stereocenters. The Kier molecular flexibility index (Phi) is 4.58. The molecule has 0 saturated carbocycles. The summed E-state index contributed by atoms with van der Waals surface area (Å²) in [6, 6.07) is 1.80. The zero-order valence-electron chi connectivity index (χ0n) is 13.8. The predicted molar refractivity (Wildman–Crippen MR) is 91.5 cm³/mol. The van der Waals surface area contributed by atoms with Crippen LogP contribution in [0.25, 0.3) is 11.4 Å². The van der Waals surface area contributed by atoms with Crippen LogP contribution in [0.2, 0.25) is 0 Å². The lowest BCUT2D eigenvalue weighted by molar-refractivity contribution is 0.260. The van der Waals surface area contributed by atoms with Crippen molar-refractivity contribution in [1.29, 1.82) is 0 Å². The standard InChI is InChI=1S/C17H20N6O/c1-4-12-8-14(24)16(18-9-12)15-11(2)19-17(22-21-15)20-13-6-5-7-23(3)10-13/h1,8-9,13,24H,5-7,10H2,2-3H3,(H,19,20,22)/t13-/m1/s1. The first kappa shape index (κ1) is 16.1. The SMILES string of the molecule is C#Cc1cnc(-c2nnc(N[C@@H]3CCCN(C)C3)nc2C)c(O)c1. The highest BCUT2D eigenvalue weighted by Gasteiger charge is 2.19. The van der Waals surface area contributed by atoms with Crippen LogP contribution in [0.3, 0.4) is 0 Å². The van der Waals surface area contributed by atoms with E-state index in [1.807, 2.05) is 6.92 Å². The number of hydrogen-bond acceptors (Lipinski definition) is 7. The number of aryl methyl sites for hydroxylation is 1. The normalized spacial score (nSPS) is 18.1. The smallest absolute Gasteiger partial charge is 0.243 e. The summed E-state index contributed by atoms with van der Waals surface area (Å²) in [6.07, 6.45) is 9.06. The van der Waals surface area contributed by atoms with E-state index in [4.69, 9.17) is 6.42 Å². The third-order valence-electron chi connectivity index (χ3n) is 4.08. The molecule has 0 spiro atoms. The predicted octanol–water partition coefficient (Wildman–Crippen LogP) is 1.44. The number of nitrogens with one attached hydrogen (secondary N) is 1. The second-order valence-electron chi connectivity index (χ2n) is 6.05. The summed E-state index contributed by atoms with van der Waals surface area (Å²) in [4.78, 5) is 10.9. The topological polar surface area (TPSA) is 87.1 Å². The first-order valence-corrected chi connectivity index (χ1v) is 7.89. The maximum absolute atomic E-state index is 10.1. The van der Waals surface area contributed by atoms with E-state index in [-0.39, 0.29) is 5.75 Å². The summed E-state index contributed by atoms with van der Waals surface area (Å²) in [6.45, 7) is 3.90. The summed E-state index contributed by atoms with van der Waals surface area (Å²) < 4.78 is 0. The van der Waals surface area contributed by atoms with Gasteiger partial charge in [-0.2, -0.15) is 0 Å². The highest BCUT2D eigenvalue weighted by molar-refractivity contribution is 5.65. The van der Waals surface area contributed by atoms with E-state index >= 15 is 0 Å². The Bertz CT molecular complexity index is 785. The van der Waals surface area contributed by atoms with Crippen molar-refractivity contribution in [3.8, 4) is 29.5 Å². The Hall–Kier alpha value is -2.72. The van der Waals surface area contributed by atoms with E-state index in [0.717, 1.165) is 25.9 Å². The molecule has 0 amide bonds. The average Bonchev–Trinajstić information content (AvgIpc) is 2.55. The lowest BCUT2D eigenvalue weighted by atomic mass is 10.1. The van der Waals surface area contributed by atoms with Crippen LogP contribution >= 0.6 is 0 Å². The minimum atomic E-state index is -0.0285. The van der Waals surface area contributed by atoms with Crippen molar-refractivity contribution in [3.05, 3.63) is 23.5 Å². The quantitative estimate of drug-likeness (QED) is 0.826. The Morgan fingerprint density at radius 3 is 2.88 bits per heavy atom. The molecule has 3 rings (SSSR count). The third kappa shape index (κ3) is 3.44. The van der Waals surface area contributed by atoms with E-state index in [1.54, 1.807) is 0 Å². The van der Waals surface area contributed by atoms with Crippen LogP contribution in [0.1, 0.15) is 24.1 Å². The molecule has 124 valence electrons. The highest BCUT2D eigenvalue weighted by atomic mass is 16.3. The number of hydrogen-bond donors (Lipinski definition) is 2. The molecule has 1 atom stereocenters. The number of terminal acetylenes is 1. The summed E-state index contributed by atoms with van der Waals surface area (Å²) in [5.41, 5.74) is 1.93. The van der Waals surface area contributed by atoms with Crippen LogP contribution in [0.15, 0.2) is 12.3 Å². The van der Waals surface area contributed by atoms with Crippen molar-refractivity contribution in [2.24, 2.45) is 0 Å². The largest absolute Gasteiger partial charge is 0.506 e. The van der Waals surface area contributed by atoms with Gasteiger partial charge >= 0.3 is 0 Å². The van der Waals surface area contributed by atoms with E-state index < -0.39 is 0 Å². The fourth-order valence-corrected chi connectivity index (χ4v) is 2.87. The van der Waals surface area contributed by atoms with Gasteiger partial charge < -0.3 is 15.3 Å². The maximum atomic E-state index is 10.1. The molecular formula is C17H20N6O. The monoisotopic (exact) mass is 324 g/mol. The van der Waals surface area contributed by atoms with Gasteiger partial charge in [-0.1, -0.05) is 5.92 Å². The third-order valence-corrected chi connectivity index (χ3v) is 4.08. The highest BCUT2D eigenvalue weighted by Crippen LogP contribution is 2.27. The van der Waals surface area contributed by atoms with Gasteiger partial charge in [-0.15, -0.1) is 16.6 Å². The van der Waals surface area contributed by atoms with Crippen molar-refractivity contribution in [2.45, 2.75) is 25.8 Å². The minimum Gasteiger partial charge on any atom is -0.506 e. The van der Waals surface area contributed by atoms with E-state index in [1.165, 1.54) is 12.3 Å². The van der Waals surface area contributed by atoms with Gasteiger partial charge in [0.15, 0.2) is 0 Å². The van der Waals surface area contributed by atoms with Gasteiger partial charge in [0, 0.05) is 24.3 Å². The average molecular weight is 324 g/mol. The van der Waals surface area contributed by atoms with Gasteiger partial charge in [0.25, 0.3) is 0 Å². The van der Waals surface area contributed by atoms with Crippen molar-refractivity contribution >= 4 is 5.95 Å². The van der Waals surface area contributed by atoms with Crippen LogP contribution in [0.4, 0.5) is 5.95 Å². The Morgan fingerprint density at radius 2 is 2.21 bits per heavy atom. The molecule has 0 radical (unpaired) electrons. The number of likely N-dealkylation sites (tertiary alicyclic amines) is 1. The summed E-state index contributed by atoms with van der Waals surface area (Å²) >= 11 is 0. The zero-order valence-corrected chi connectivity index (χ0v) is 13.8. The van der Waals surface area contributed by atoms with Gasteiger partial charge in [0.05, 0.1) is 5.69 Å². The van der Waals surface area contributed by atoms with Gasteiger partial charge in [0.1, 0.15) is 17.1 Å². The second kappa shape index (κ2) is 6.81. The molecule has 0 aliphatic carbocycles. The first-order valence-electron chi connectivity index (χ1n) is 7.89. The van der Waals surface area contributed by atoms with Crippen molar-refractivity contribution in [1.82, 2.24) is 25.1 Å². The number of aromatic hydroxyl groups is 1. The van der Waals surface area contributed by atoms with Crippen LogP contribution < -0.4 is 5.32 Å². The molecule has 1 saturated heterocycles. The van der Waals surface area contributed by atoms with Crippen LogP contribution in [-0.4, -0.2) is 56.4 Å². The Morgan fingerprint density at radius 1 is 1.38 bits per heavy atom. The second-order valence-corrected chi connectivity index (χ2v) is 6.05. The Balaban J connectivity index is 1.81.